The van der Waals surface area contributed by atoms with Gasteiger partial charge in [-0.3, -0.25) is 0 Å². The van der Waals surface area contributed by atoms with E-state index in [0.29, 0.717) is 0 Å². The molecule has 15 heavy (non-hydrogen) atoms. The van der Waals surface area contributed by atoms with Gasteiger partial charge in [0, 0.05) is 6.04 Å². The van der Waals surface area contributed by atoms with Gasteiger partial charge in [0.15, 0.2) is 0 Å². The zero-order chi connectivity index (χ0) is 11.3. The molecule has 1 unspecified atom stereocenters. The predicted octanol–water partition coefficient (Wildman–Crippen LogP) is 3.84. The van der Waals surface area contributed by atoms with E-state index in [4.69, 9.17) is 0 Å². The van der Waals surface area contributed by atoms with Crippen LogP contribution < -0.4 is 5.32 Å². The van der Waals surface area contributed by atoms with Gasteiger partial charge >= 0.3 is 0 Å². The summed E-state index contributed by atoms with van der Waals surface area (Å²) in [5, 5.41) is 3.65. The molecule has 1 N–H and O–H groups in total. The largest absolute Gasteiger partial charge is 0.314 e. The highest BCUT2D eigenvalue weighted by Gasteiger charge is 2.27. The molecule has 0 aromatic carbocycles. The summed E-state index contributed by atoms with van der Waals surface area (Å²) in [6, 6.07) is 0.781. The van der Waals surface area contributed by atoms with Crippen LogP contribution in [0.4, 0.5) is 0 Å². The van der Waals surface area contributed by atoms with Gasteiger partial charge in [-0.05, 0) is 56.4 Å². The van der Waals surface area contributed by atoms with Gasteiger partial charge in [-0.15, -0.1) is 0 Å². The fourth-order valence-electron chi connectivity index (χ4n) is 3.12. The molecule has 1 heteroatoms. The smallest absolute Gasteiger partial charge is 0.00925 e. The van der Waals surface area contributed by atoms with Gasteiger partial charge in [-0.25, -0.2) is 0 Å². The second kappa shape index (κ2) is 6.52. The summed E-state index contributed by atoms with van der Waals surface area (Å²) in [4.78, 5) is 0. The van der Waals surface area contributed by atoms with Crippen molar-refractivity contribution < 1.29 is 0 Å². The SMILES string of the molecule is CCNC(CC)C1CCC(C(C)C)CC1. The lowest BCUT2D eigenvalue weighted by atomic mass is 9.74. The Morgan fingerprint density at radius 2 is 1.53 bits per heavy atom. The summed E-state index contributed by atoms with van der Waals surface area (Å²) < 4.78 is 0. The Bertz CT molecular complexity index is 157. The van der Waals surface area contributed by atoms with Crippen LogP contribution in [0.3, 0.4) is 0 Å². The molecule has 90 valence electrons. The van der Waals surface area contributed by atoms with Crippen molar-refractivity contribution in [3.05, 3.63) is 0 Å². The highest BCUT2D eigenvalue weighted by Crippen LogP contribution is 2.35. The molecule has 1 saturated carbocycles. The van der Waals surface area contributed by atoms with Gasteiger partial charge in [0.1, 0.15) is 0 Å². The van der Waals surface area contributed by atoms with E-state index in [1.807, 2.05) is 0 Å². The summed E-state index contributed by atoms with van der Waals surface area (Å²) in [7, 11) is 0. The van der Waals surface area contributed by atoms with Crippen molar-refractivity contribution >= 4 is 0 Å². The molecule has 1 atom stereocenters. The number of rotatable bonds is 5. The highest BCUT2D eigenvalue weighted by atomic mass is 14.9. The first-order chi connectivity index (χ1) is 7.19. The molecule has 0 aromatic heterocycles. The zero-order valence-corrected chi connectivity index (χ0v) is 11.1. The maximum absolute atomic E-state index is 3.65. The summed E-state index contributed by atoms with van der Waals surface area (Å²) in [6.45, 7) is 10.4. The second-order valence-corrected chi connectivity index (χ2v) is 5.49. The van der Waals surface area contributed by atoms with Gasteiger partial charge in [0.25, 0.3) is 0 Å². The average Bonchev–Trinajstić information content (AvgIpc) is 2.26. The minimum Gasteiger partial charge on any atom is -0.314 e. The van der Waals surface area contributed by atoms with E-state index >= 15 is 0 Å². The predicted molar refractivity (Wildman–Crippen MR) is 68.0 cm³/mol. The lowest BCUT2D eigenvalue weighted by Crippen LogP contribution is -2.37. The minimum absolute atomic E-state index is 0.781. The fraction of sp³-hybridized carbons (Fsp3) is 1.00. The molecule has 1 fully saturated rings. The first-order valence-electron chi connectivity index (χ1n) is 6.92. The molecule has 0 bridgehead atoms. The van der Waals surface area contributed by atoms with Crippen molar-refractivity contribution in [3.8, 4) is 0 Å². The zero-order valence-electron chi connectivity index (χ0n) is 11.1. The summed E-state index contributed by atoms with van der Waals surface area (Å²) in [5.74, 6) is 2.84. The summed E-state index contributed by atoms with van der Waals surface area (Å²) in [6.07, 6.45) is 7.13. The Kier molecular flexibility index (Phi) is 5.66. The standard InChI is InChI=1S/C14H29N/c1-5-14(15-6-2)13-9-7-12(8-10-13)11(3)4/h11-15H,5-10H2,1-4H3. The van der Waals surface area contributed by atoms with Crippen molar-refractivity contribution in [2.45, 2.75) is 65.8 Å². The Labute approximate surface area is 96.0 Å². The van der Waals surface area contributed by atoms with Crippen LogP contribution in [0, 0.1) is 17.8 Å². The molecule has 0 radical (unpaired) electrons. The van der Waals surface area contributed by atoms with Gasteiger partial charge in [-0.2, -0.15) is 0 Å². The van der Waals surface area contributed by atoms with Gasteiger partial charge < -0.3 is 5.32 Å². The molecule has 1 aliphatic rings. The van der Waals surface area contributed by atoms with E-state index in [2.05, 4.69) is 33.0 Å². The van der Waals surface area contributed by atoms with Crippen LogP contribution in [0.15, 0.2) is 0 Å². The van der Waals surface area contributed by atoms with Gasteiger partial charge in [0.2, 0.25) is 0 Å². The maximum Gasteiger partial charge on any atom is 0.00925 e. The number of hydrogen-bond acceptors (Lipinski definition) is 1. The van der Waals surface area contributed by atoms with Crippen LogP contribution in [-0.4, -0.2) is 12.6 Å². The first-order valence-corrected chi connectivity index (χ1v) is 6.92. The van der Waals surface area contributed by atoms with Crippen LogP contribution in [0.1, 0.15) is 59.8 Å². The summed E-state index contributed by atoms with van der Waals surface area (Å²) in [5.41, 5.74) is 0. The molecule has 0 heterocycles. The molecule has 0 aromatic rings. The van der Waals surface area contributed by atoms with E-state index in [1.165, 1.54) is 32.1 Å². The molecule has 0 spiro atoms. The molecule has 1 aliphatic carbocycles. The van der Waals surface area contributed by atoms with E-state index in [0.717, 1.165) is 30.3 Å². The normalized spacial score (nSPS) is 29.4. The van der Waals surface area contributed by atoms with Crippen LogP contribution in [0.5, 0.6) is 0 Å². The van der Waals surface area contributed by atoms with Crippen LogP contribution >= 0.6 is 0 Å². The van der Waals surface area contributed by atoms with Crippen LogP contribution in [0.25, 0.3) is 0 Å². The first kappa shape index (κ1) is 13.0. The average molecular weight is 211 g/mol. The quantitative estimate of drug-likeness (QED) is 0.728. The molecule has 1 nitrogen and oxygen atoms in total. The van der Waals surface area contributed by atoms with Crippen molar-refractivity contribution in [2.24, 2.45) is 17.8 Å². The third kappa shape index (κ3) is 3.79. The highest BCUT2D eigenvalue weighted by molar-refractivity contribution is 4.81. The minimum atomic E-state index is 0.781. The van der Waals surface area contributed by atoms with E-state index < -0.39 is 0 Å². The van der Waals surface area contributed by atoms with Crippen molar-refractivity contribution in [1.82, 2.24) is 5.32 Å². The third-order valence-corrected chi connectivity index (χ3v) is 4.23. The molecule has 0 amide bonds. The second-order valence-electron chi connectivity index (χ2n) is 5.49. The van der Waals surface area contributed by atoms with Crippen LogP contribution in [0.2, 0.25) is 0 Å². The Morgan fingerprint density at radius 3 is 1.93 bits per heavy atom. The lowest BCUT2D eigenvalue weighted by molar-refractivity contribution is 0.187. The van der Waals surface area contributed by atoms with Crippen molar-refractivity contribution in [2.75, 3.05) is 6.54 Å². The number of nitrogens with one attached hydrogen (secondary N) is 1. The van der Waals surface area contributed by atoms with E-state index in [9.17, 15) is 0 Å². The third-order valence-electron chi connectivity index (χ3n) is 4.23. The van der Waals surface area contributed by atoms with Crippen LogP contribution in [-0.2, 0) is 0 Å². The Hall–Kier alpha value is -0.0400. The monoisotopic (exact) mass is 211 g/mol. The topological polar surface area (TPSA) is 12.0 Å². The number of hydrogen-bond donors (Lipinski definition) is 1. The maximum atomic E-state index is 3.65. The lowest BCUT2D eigenvalue weighted by Gasteiger charge is -2.35. The molecule has 1 rings (SSSR count). The van der Waals surface area contributed by atoms with Crippen molar-refractivity contribution in [1.29, 1.82) is 0 Å². The van der Waals surface area contributed by atoms with Gasteiger partial charge in [-0.1, -0.05) is 27.7 Å². The fourth-order valence-corrected chi connectivity index (χ4v) is 3.12. The molecule has 0 aliphatic heterocycles. The van der Waals surface area contributed by atoms with E-state index in [-0.39, 0.29) is 0 Å². The Balaban J connectivity index is 2.35. The molecule has 0 saturated heterocycles. The molecular formula is C14H29N. The molecular weight excluding hydrogens is 182 g/mol. The van der Waals surface area contributed by atoms with Gasteiger partial charge in [0.05, 0.1) is 0 Å². The summed E-state index contributed by atoms with van der Waals surface area (Å²) >= 11 is 0. The van der Waals surface area contributed by atoms with Crippen molar-refractivity contribution in [3.63, 3.8) is 0 Å². The Morgan fingerprint density at radius 1 is 1.00 bits per heavy atom. The van der Waals surface area contributed by atoms with E-state index in [1.54, 1.807) is 0 Å².